The van der Waals surface area contributed by atoms with E-state index in [1.807, 2.05) is 18.2 Å². The molecule has 2 spiro atoms. The minimum Gasteiger partial charge on any atom is -0.368 e. The van der Waals surface area contributed by atoms with Crippen LogP contribution >= 0.6 is 0 Å². The van der Waals surface area contributed by atoms with E-state index in [1.54, 1.807) is 0 Å². The van der Waals surface area contributed by atoms with Crippen LogP contribution in [0.4, 0.5) is 0 Å². The van der Waals surface area contributed by atoms with Crippen molar-refractivity contribution in [2.45, 2.75) is 113 Å². The van der Waals surface area contributed by atoms with Crippen molar-refractivity contribution < 1.29 is 28.4 Å². The van der Waals surface area contributed by atoms with Crippen LogP contribution in [-0.4, -0.2) is 48.9 Å². The van der Waals surface area contributed by atoms with Gasteiger partial charge >= 0.3 is 0 Å². The quantitative estimate of drug-likeness (QED) is 0.704. The molecule has 0 radical (unpaired) electrons. The molecule has 3 heterocycles. The molecule has 5 fully saturated rings. The third-order valence-corrected chi connectivity index (χ3v) is 7.65. The van der Waals surface area contributed by atoms with Crippen molar-refractivity contribution >= 4 is 0 Å². The third kappa shape index (κ3) is 3.96. The van der Waals surface area contributed by atoms with Gasteiger partial charge < -0.3 is 28.4 Å². The number of hydrogen-bond acceptors (Lipinski definition) is 6. The first-order valence-corrected chi connectivity index (χ1v) is 12.2. The molecule has 3 saturated heterocycles. The molecule has 5 atom stereocenters. The number of rotatable bonds is 4. The molecule has 0 amide bonds. The van der Waals surface area contributed by atoms with Crippen LogP contribution in [0.2, 0.25) is 0 Å². The molecule has 1 aromatic carbocycles. The number of fused-ring (bicyclic) bond motifs is 1. The van der Waals surface area contributed by atoms with E-state index in [1.165, 1.54) is 12.8 Å². The highest BCUT2D eigenvalue weighted by Gasteiger charge is 2.61. The fourth-order valence-electron chi connectivity index (χ4n) is 6.03. The normalized spacial score (nSPS) is 38.6. The highest BCUT2D eigenvalue weighted by atomic mass is 16.9. The van der Waals surface area contributed by atoms with Gasteiger partial charge in [-0.25, -0.2) is 0 Å². The second-order valence-corrected chi connectivity index (χ2v) is 9.84. The Hall–Kier alpha value is -1.02. The molecular formula is C25H34O6. The van der Waals surface area contributed by atoms with Crippen molar-refractivity contribution in [3.8, 4) is 0 Å². The van der Waals surface area contributed by atoms with Gasteiger partial charge in [-0.1, -0.05) is 43.2 Å². The van der Waals surface area contributed by atoms with Gasteiger partial charge in [-0.3, -0.25) is 0 Å². The summed E-state index contributed by atoms with van der Waals surface area (Å²) in [6.45, 7) is 1.06. The molecule has 6 nitrogen and oxygen atoms in total. The zero-order valence-electron chi connectivity index (χ0n) is 18.2. The van der Waals surface area contributed by atoms with Gasteiger partial charge in [-0.05, 0) is 31.2 Å². The molecule has 0 aromatic heterocycles. The molecule has 31 heavy (non-hydrogen) atoms. The lowest BCUT2D eigenvalue weighted by molar-refractivity contribution is -0.263. The molecule has 5 aliphatic rings. The number of hydrogen-bond donors (Lipinski definition) is 0. The summed E-state index contributed by atoms with van der Waals surface area (Å²) in [7, 11) is 0. The molecule has 1 aromatic rings. The predicted octanol–water partition coefficient (Wildman–Crippen LogP) is 4.45. The number of ether oxygens (including phenoxy) is 6. The fourth-order valence-corrected chi connectivity index (χ4v) is 6.03. The summed E-state index contributed by atoms with van der Waals surface area (Å²) in [6, 6.07) is 10.3. The summed E-state index contributed by atoms with van der Waals surface area (Å²) in [5.41, 5.74) is 1.14. The molecular weight excluding hydrogens is 396 g/mol. The minimum atomic E-state index is -0.496. The summed E-state index contributed by atoms with van der Waals surface area (Å²) in [4.78, 5) is 0. The van der Waals surface area contributed by atoms with Gasteiger partial charge in [0.25, 0.3) is 0 Å². The maximum Gasteiger partial charge on any atom is 0.190 e. The van der Waals surface area contributed by atoms with E-state index >= 15 is 0 Å². The lowest BCUT2D eigenvalue weighted by Crippen LogP contribution is -2.45. The molecule has 0 N–H and O–H groups in total. The lowest BCUT2D eigenvalue weighted by Gasteiger charge is -2.35. The summed E-state index contributed by atoms with van der Waals surface area (Å²) in [6.07, 6.45) is 9.65. The SMILES string of the molecule is c1ccc(CO[C@H]2[C@H]3OC4(CCCCC4)O[C@@H]3O[C@@H]2[C@H]2COC3(CCCCC3)O2)cc1. The van der Waals surface area contributed by atoms with E-state index in [-0.39, 0.29) is 24.4 Å². The predicted molar refractivity (Wildman–Crippen MR) is 112 cm³/mol. The molecule has 0 bridgehead atoms. The summed E-state index contributed by atoms with van der Waals surface area (Å²) < 4.78 is 38.6. The number of benzene rings is 1. The van der Waals surface area contributed by atoms with Crippen LogP contribution in [0.3, 0.4) is 0 Å². The van der Waals surface area contributed by atoms with Gasteiger partial charge in [0.05, 0.1) is 13.2 Å². The monoisotopic (exact) mass is 430 g/mol. The standard InChI is InChI=1S/C25H34O6/c1-4-10-18(11-5-1)16-26-21-20(19-17-27-24(29-19)12-6-2-7-13-24)28-23-22(21)30-25(31-23)14-8-3-9-15-25/h1,4-5,10-11,19-23H,2-3,6-9,12-17H2/t19-,20-,21-,22-,23+/m1/s1. The molecule has 6 rings (SSSR count). The van der Waals surface area contributed by atoms with Crippen LogP contribution in [0.15, 0.2) is 30.3 Å². The molecule has 2 saturated carbocycles. The molecule has 170 valence electrons. The van der Waals surface area contributed by atoms with Gasteiger partial charge in [0, 0.05) is 25.7 Å². The third-order valence-electron chi connectivity index (χ3n) is 7.65. The molecule has 2 aliphatic carbocycles. The van der Waals surface area contributed by atoms with Crippen molar-refractivity contribution in [2.75, 3.05) is 6.61 Å². The average molecular weight is 431 g/mol. The van der Waals surface area contributed by atoms with Gasteiger partial charge in [0.15, 0.2) is 17.9 Å². The van der Waals surface area contributed by atoms with Crippen LogP contribution in [-0.2, 0) is 35.0 Å². The van der Waals surface area contributed by atoms with Gasteiger partial charge in [0.1, 0.15) is 24.4 Å². The van der Waals surface area contributed by atoms with E-state index < -0.39 is 17.9 Å². The Balaban J connectivity index is 1.19. The zero-order chi connectivity index (χ0) is 20.7. The summed E-state index contributed by atoms with van der Waals surface area (Å²) in [5, 5.41) is 0. The van der Waals surface area contributed by atoms with Crippen LogP contribution < -0.4 is 0 Å². The highest BCUT2D eigenvalue weighted by Crippen LogP contribution is 2.48. The van der Waals surface area contributed by atoms with Crippen LogP contribution in [0.5, 0.6) is 0 Å². The highest BCUT2D eigenvalue weighted by molar-refractivity contribution is 5.14. The Morgan fingerprint density at radius 2 is 1.48 bits per heavy atom. The topological polar surface area (TPSA) is 55.4 Å². The van der Waals surface area contributed by atoms with Gasteiger partial charge in [-0.15, -0.1) is 0 Å². The van der Waals surface area contributed by atoms with E-state index in [2.05, 4.69) is 12.1 Å². The molecule has 0 unspecified atom stereocenters. The van der Waals surface area contributed by atoms with E-state index in [0.717, 1.165) is 56.9 Å². The second-order valence-electron chi connectivity index (χ2n) is 9.84. The summed E-state index contributed by atoms with van der Waals surface area (Å²) >= 11 is 0. The zero-order valence-corrected chi connectivity index (χ0v) is 18.2. The average Bonchev–Trinajstić information content (AvgIpc) is 3.46. The minimum absolute atomic E-state index is 0.154. The smallest absolute Gasteiger partial charge is 0.190 e. The van der Waals surface area contributed by atoms with Crippen LogP contribution in [0.1, 0.15) is 69.8 Å². The maximum absolute atomic E-state index is 6.57. The van der Waals surface area contributed by atoms with E-state index in [9.17, 15) is 0 Å². The van der Waals surface area contributed by atoms with Crippen molar-refractivity contribution in [2.24, 2.45) is 0 Å². The van der Waals surface area contributed by atoms with Crippen molar-refractivity contribution in [3.05, 3.63) is 35.9 Å². The Morgan fingerprint density at radius 1 is 0.774 bits per heavy atom. The Morgan fingerprint density at radius 3 is 2.23 bits per heavy atom. The second kappa shape index (κ2) is 8.40. The van der Waals surface area contributed by atoms with E-state index in [0.29, 0.717) is 13.2 Å². The first-order chi connectivity index (χ1) is 15.2. The Bertz CT molecular complexity index is 742. The van der Waals surface area contributed by atoms with Crippen LogP contribution in [0.25, 0.3) is 0 Å². The Labute approximate surface area is 184 Å². The summed E-state index contributed by atoms with van der Waals surface area (Å²) in [5.74, 6) is -0.926. The van der Waals surface area contributed by atoms with Gasteiger partial charge in [-0.2, -0.15) is 0 Å². The van der Waals surface area contributed by atoms with Crippen molar-refractivity contribution in [1.82, 2.24) is 0 Å². The molecule has 3 aliphatic heterocycles. The molecule has 6 heteroatoms. The lowest BCUT2D eigenvalue weighted by atomic mass is 9.94. The van der Waals surface area contributed by atoms with Crippen molar-refractivity contribution in [1.29, 1.82) is 0 Å². The fraction of sp³-hybridized carbons (Fsp3) is 0.760. The maximum atomic E-state index is 6.57. The first-order valence-electron chi connectivity index (χ1n) is 12.2. The van der Waals surface area contributed by atoms with Gasteiger partial charge in [0.2, 0.25) is 0 Å². The van der Waals surface area contributed by atoms with E-state index in [4.69, 9.17) is 28.4 Å². The van der Waals surface area contributed by atoms with Crippen LogP contribution in [0, 0.1) is 0 Å². The van der Waals surface area contributed by atoms with Crippen molar-refractivity contribution in [3.63, 3.8) is 0 Å². The Kier molecular flexibility index (Phi) is 5.57. The largest absolute Gasteiger partial charge is 0.368 e. The first kappa shape index (κ1) is 20.6.